The van der Waals surface area contributed by atoms with Crippen LogP contribution >= 0.6 is 0 Å². The summed E-state index contributed by atoms with van der Waals surface area (Å²) in [6.07, 6.45) is 2.19. The standard InChI is InChI=1S/C9H16O4/c1-13-9(12)6-5-8(11)4-2-3-7-10/h10H,2-7H2,1H3. The minimum atomic E-state index is -0.351. The molecule has 4 nitrogen and oxygen atoms in total. The third-order valence-electron chi connectivity index (χ3n) is 1.70. The van der Waals surface area contributed by atoms with E-state index in [1.807, 2.05) is 0 Å². The average molecular weight is 188 g/mol. The van der Waals surface area contributed by atoms with Crippen LogP contribution in [0, 0.1) is 0 Å². The van der Waals surface area contributed by atoms with E-state index in [1.54, 1.807) is 0 Å². The van der Waals surface area contributed by atoms with Crippen molar-refractivity contribution < 1.29 is 19.4 Å². The third-order valence-corrected chi connectivity index (χ3v) is 1.70. The summed E-state index contributed by atoms with van der Waals surface area (Å²) in [6.45, 7) is 0.115. The molecule has 0 bridgehead atoms. The van der Waals surface area contributed by atoms with Gasteiger partial charge < -0.3 is 9.84 Å². The van der Waals surface area contributed by atoms with E-state index < -0.39 is 0 Å². The van der Waals surface area contributed by atoms with E-state index >= 15 is 0 Å². The van der Waals surface area contributed by atoms with E-state index in [2.05, 4.69) is 4.74 Å². The van der Waals surface area contributed by atoms with Crippen molar-refractivity contribution in [2.45, 2.75) is 32.1 Å². The van der Waals surface area contributed by atoms with Crippen LogP contribution in [-0.4, -0.2) is 30.6 Å². The highest BCUT2D eigenvalue weighted by Crippen LogP contribution is 2.01. The fourth-order valence-electron chi connectivity index (χ4n) is 0.903. The second-order valence-corrected chi connectivity index (χ2v) is 2.80. The number of aliphatic hydroxyl groups excluding tert-OH is 1. The summed E-state index contributed by atoms with van der Waals surface area (Å²) in [5, 5.41) is 8.45. The molecular formula is C9H16O4. The third kappa shape index (κ3) is 7.46. The Balaban J connectivity index is 3.35. The Morgan fingerprint density at radius 1 is 1.15 bits per heavy atom. The quantitative estimate of drug-likeness (QED) is 0.471. The molecule has 0 aliphatic heterocycles. The maximum absolute atomic E-state index is 11.0. The van der Waals surface area contributed by atoms with Crippen molar-refractivity contribution in [1.82, 2.24) is 0 Å². The first kappa shape index (κ1) is 12.1. The normalized spacial score (nSPS) is 9.69. The molecule has 0 radical (unpaired) electrons. The highest BCUT2D eigenvalue weighted by atomic mass is 16.5. The van der Waals surface area contributed by atoms with Gasteiger partial charge in [-0.2, -0.15) is 0 Å². The first-order valence-electron chi connectivity index (χ1n) is 4.40. The molecule has 1 N–H and O–H groups in total. The predicted octanol–water partition coefficient (Wildman–Crippen LogP) is 0.671. The molecule has 0 heterocycles. The summed E-state index contributed by atoms with van der Waals surface area (Å²) >= 11 is 0. The molecule has 0 atom stereocenters. The number of hydrogen-bond donors (Lipinski definition) is 1. The largest absolute Gasteiger partial charge is 0.469 e. The molecule has 0 aliphatic carbocycles. The number of rotatable bonds is 7. The van der Waals surface area contributed by atoms with Crippen LogP contribution in [0.25, 0.3) is 0 Å². The van der Waals surface area contributed by atoms with Crippen molar-refractivity contribution in [2.24, 2.45) is 0 Å². The van der Waals surface area contributed by atoms with Gasteiger partial charge in [-0.25, -0.2) is 0 Å². The molecule has 0 aromatic rings. The minimum absolute atomic E-state index is 0.0545. The van der Waals surface area contributed by atoms with Gasteiger partial charge in [0.25, 0.3) is 0 Å². The molecule has 0 rings (SSSR count). The molecule has 0 saturated carbocycles. The number of esters is 1. The summed E-state index contributed by atoms with van der Waals surface area (Å²) in [5.41, 5.74) is 0. The number of unbranched alkanes of at least 4 members (excludes halogenated alkanes) is 1. The van der Waals surface area contributed by atoms with Crippen molar-refractivity contribution in [1.29, 1.82) is 0 Å². The maximum Gasteiger partial charge on any atom is 0.305 e. The number of ether oxygens (including phenoxy) is 1. The second-order valence-electron chi connectivity index (χ2n) is 2.80. The molecule has 0 amide bonds. The molecular weight excluding hydrogens is 172 g/mol. The Morgan fingerprint density at radius 2 is 1.85 bits per heavy atom. The molecule has 0 unspecified atom stereocenters. The van der Waals surface area contributed by atoms with Gasteiger partial charge in [-0.3, -0.25) is 9.59 Å². The smallest absolute Gasteiger partial charge is 0.305 e. The SMILES string of the molecule is COC(=O)CCC(=O)CCCCO. The second kappa shape index (κ2) is 7.73. The van der Waals surface area contributed by atoms with Crippen LogP contribution in [0.5, 0.6) is 0 Å². The lowest BCUT2D eigenvalue weighted by atomic mass is 10.1. The average Bonchev–Trinajstić information content (AvgIpc) is 2.14. The van der Waals surface area contributed by atoms with Gasteiger partial charge in [0.05, 0.1) is 13.5 Å². The maximum atomic E-state index is 11.0. The number of Topliss-reactive ketones (excluding diaryl/α,β-unsaturated/α-hetero) is 1. The summed E-state index contributed by atoms with van der Waals surface area (Å²) in [5.74, 6) is -0.297. The van der Waals surface area contributed by atoms with E-state index in [-0.39, 0.29) is 31.2 Å². The van der Waals surface area contributed by atoms with Crippen LogP contribution in [0.4, 0.5) is 0 Å². The number of aliphatic hydroxyl groups is 1. The van der Waals surface area contributed by atoms with Crippen molar-refractivity contribution in [2.75, 3.05) is 13.7 Å². The van der Waals surface area contributed by atoms with Gasteiger partial charge in [0, 0.05) is 19.4 Å². The van der Waals surface area contributed by atoms with Crippen LogP contribution in [0.1, 0.15) is 32.1 Å². The molecule has 13 heavy (non-hydrogen) atoms. The molecule has 76 valence electrons. The molecule has 0 saturated heterocycles. The monoisotopic (exact) mass is 188 g/mol. The van der Waals surface area contributed by atoms with Gasteiger partial charge >= 0.3 is 5.97 Å². The Labute approximate surface area is 77.9 Å². The first-order chi connectivity index (χ1) is 6.20. The van der Waals surface area contributed by atoms with Crippen molar-refractivity contribution in [3.63, 3.8) is 0 Å². The fourth-order valence-corrected chi connectivity index (χ4v) is 0.903. The highest BCUT2D eigenvalue weighted by Gasteiger charge is 2.05. The van der Waals surface area contributed by atoms with Crippen LogP contribution in [-0.2, 0) is 14.3 Å². The number of hydrogen-bond acceptors (Lipinski definition) is 4. The van der Waals surface area contributed by atoms with Gasteiger partial charge in [0.15, 0.2) is 0 Å². The lowest BCUT2D eigenvalue weighted by molar-refractivity contribution is -0.141. The van der Waals surface area contributed by atoms with E-state index in [9.17, 15) is 9.59 Å². The molecule has 4 heteroatoms. The van der Waals surface area contributed by atoms with Gasteiger partial charge in [0.2, 0.25) is 0 Å². The Morgan fingerprint density at radius 3 is 2.38 bits per heavy atom. The van der Waals surface area contributed by atoms with Crippen LogP contribution in [0.2, 0.25) is 0 Å². The van der Waals surface area contributed by atoms with Gasteiger partial charge in [-0.1, -0.05) is 0 Å². The first-order valence-corrected chi connectivity index (χ1v) is 4.40. The molecule has 0 fully saturated rings. The summed E-state index contributed by atoms with van der Waals surface area (Å²) in [4.78, 5) is 21.7. The predicted molar refractivity (Wildman–Crippen MR) is 47.2 cm³/mol. The zero-order chi connectivity index (χ0) is 10.1. The van der Waals surface area contributed by atoms with Crippen molar-refractivity contribution in [3.05, 3.63) is 0 Å². The van der Waals surface area contributed by atoms with E-state index in [0.29, 0.717) is 19.3 Å². The zero-order valence-electron chi connectivity index (χ0n) is 7.91. The van der Waals surface area contributed by atoms with Gasteiger partial charge in [-0.05, 0) is 12.8 Å². The van der Waals surface area contributed by atoms with Gasteiger partial charge in [0.1, 0.15) is 5.78 Å². The molecule has 0 aliphatic rings. The van der Waals surface area contributed by atoms with E-state index in [0.717, 1.165) is 0 Å². The highest BCUT2D eigenvalue weighted by molar-refractivity contribution is 5.82. The minimum Gasteiger partial charge on any atom is -0.469 e. The van der Waals surface area contributed by atoms with Crippen LogP contribution in [0.15, 0.2) is 0 Å². The Hall–Kier alpha value is -0.900. The fraction of sp³-hybridized carbons (Fsp3) is 0.778. The molecule has 0 aromatic heterocycles. The van der Waals surface area contributed by atoms with Crippen molar-refractivity contribution >= 4 is 11.8 Å². The summed E-state index contributed by atoms with van der Waals surface area (Å²) in [6, 6.07) is 0. The number of carbonyl (C=O) groups excluding carboxylic acids is 2. The summed E-state index contributed by atoms with van der Waals surface area (Å²) < 4.78 is 4.40. The van der Waals surface area contributed by atoms with Gasteiger partial charge in [-0.15, -0.1) is 0 Å². The van der Waals surface area contributed by atoms with E-state index in [4.69, 9.17) is 5.11 Å². The number of methoxy groups -OCH3 is 1. The van der Waals surface area contributed by atoms with E-state index in [1.165, 1.54) is 7.11 Å². The van der Waals surface area contributed by atoms with Crippen molar-refractivity contribution in [3.8, 4) is 0 Å². The lowest BCUT2D eigenvalue weighted by Crippen LogP contribution is -2.05. The summed E-state index contributed by atoms with van der Waals surface area (Å²) in [7, 11) is 1.30. The molecule has 0 aromatic carbocycles. The molecule has 0 spiro atoms. The zero-order valence-corrected chi connectivity index (χ0v) is 7.91. The Bertz CT molecular complexity index is 165. The van der Waals surface area contributed by atoms with Crippen LogP contribution in [0.3, 0.4) is 0 Å². The lowest BCUT2D eigenvalue weighted by Gasteiger charge is -1.99. The number of ketones is 1. The van der Waals surface area contributed by atoms with Crippen LogP contribution < -0.4 is 0 Å². The Kier molecular flexibility index (Phi) is 7.20. The topological polar surface area (TPSA) is 63.6 Å². The number of carbonyl (C=O) groups is 2.